The number of para-hydroxylation sites is 2. The van der Waals surface area contributed by atoms with E-state index in [4.69, 9.17) is 5.73 Å². The molecule has 102 valence electrons. The van der Waals surface area contributed by atoms with E-state index in [1.165, 1.54) is 37.6 Å². The van der Waals surface area contributed by atoms with E-state index in [2.05, 4.69) is 27.9 Å². The predicted octanol–water partition coefficient (Wildman–Crippen LogP) is 3.68. The Morgan fingerprint density at radius 2 is 2.00 bits per heavy atom. The molecule has 2 N–H and O–H groups in total. The molecule has 4 heteroatoms. The number of anilines is 1. The van der Waals surface area contributed by atoms with Crippen molar-refractivity contribution in [2.75, 3.05) is 12.0 Å². The van der Waals surface area contributed by atoms with Crippen molar-refractivity contribution in [1.29, 1.82) is 0 Å². The van der Waals surface area contributed by atoms with E-state index in [9.17, 15) is 0 Å². The standard InChI is InChI=1S/C15H21N3S/c1-19-15(9-5-2-6-10-15)11-18-13-8-4-3-7-12(13)17-14(18)16/h3-4,7-8H,2,5-6,9-11H2,1H3,(H2,16,17). The van der Waals surface area contributed by atoms with Crippen LogP contribution in [-0.4, -0.2) is 20.6 Å². The van der Waals surface area contributed by atoms with E-state index < -0.39 is 0 Å². The van der Waals surface area contributed by atoms with Crippen molar-refractivity contribution in [2.45, 2.75) is 43.4 Å². The number of aromatic nitrogens is 2. The number of nitrogens with zero attached hydrogens (tertiary/aromatic N) is 2. The van der Waals surface area contributed by atoms with Crippen molar-refractivity contribution in [3.8, 4) is 0 Å². The molecule has 1 fully saturated rings. The molecular formula is C15H21N3S. The Balaban J connectivity index is 1.97. The van der Waals surface area contributed by atoms with Crippen LogP contribution in [0.3, 0.4) is 0 Å². The molecule has 0 amide bonds. The highest BCUT2D eigenvalue weighted by atomic mass is 32.2. The number of fused-ring (bicyclic) bond motifs is 1. The SMILES string of the molecule is CSC1(Cn2c(N)nc3ccccc32)CCCCC1. The molecule has 1 heterocycles. The third-order valence-corrected chi connectivity index (χ3v) is 5.73. The van der Waals surface area contributed by atoms with Crippen LogP contribution in [0, 0.1) is 0 Å². The van der Waals surface area contributed by atoms with Gasteiger partial charge < -0.3 is 10.3 Å². The number of benzene rings is 1. The smallest absolute Gasteiger partial charge is 0.201 e. The first-order valence-corrected chi connectivity index (χ1v) is 8.22. The molecule has 3 nitrogen and oxygen atoms in total. The third-order valence-electron chi connectivity index (χ3n) is 4.33. The van der Waals surface area contributed by atoms with Gasteiger partial charge >= 0.3 is 0 Å². The van der Waals surface area contributed by atoms with Gasteiger partial charge in [0.1, 0.15) is 0 Å². The largest absolute Gasteiger partial charge is 0.369 e. The maximum Gasteiger partial charge on any atom is 0.201 e. The number of hydrogen-bond acceptors (Lipinski definition) is 3. The van der Waals surface area contributed by atoms with Crippen LogP contribution in [0.4, 0.5) is 5.95 Å². The van der Waals surface area contributed by atoms with Crippen LogP contribution in [0.15, 0.2) is 24.3 Å². The summed E-state index contributed by atoms with van der Waals surface area (Å²) in [5.74, 6) is 0.653. The summed E-state index contributed by atoms with van der Waals surface area (Å²) in [6.07, 6.45) is 8.88. The van der Waals surface area contributed by atoms with Gasteiger partial charge in [0.2, 0.25) is 5.95 Å². The molecule has 0 atom stereocenters. The Morgan fingerprint density at radius 3 is 2.74 bits per heavy atom. The molecule has 0 radical (unpaired) electrons. The second-order valence-corrected chi connectivity index (χ2v) is 6.77. The molecule has 19 heavy (non-hydrogen) atoms. The van der Waals surface area contributed by atoms with Gasteiger partial charge in [-0.3, -0.25) is 0 Å². The molecule has 3 rings (SSSR count). The summed E-state index contributed by atoms with van der Waals surface area (Å²) in [6.45, 7) is 0.987. The first kappa shape index (κ1) is 12.9. The molecular weight excluding hydrogens is 254 g/mol. The van der Waals surface area contributed by atoms with E-state index in [-0.39, 0.29) is 0 Å². The summed E-state index contributed by atoms with van der Waals surface area (Å²) in [5.41, 5.74) is 8.30. The third kappa shape index (κ3) is 2.34. The fraction of sp³-hybridized carbons (Fsp3) is 0.533. The maximum absolute atomic E-state index is 6.13. The maximum atomic E-state index is 6.13. The second kappa shape index (κ2) is 5.08. The van der Waals surface area contributed by atoms with Gasteiger partial charge in [-0.05, 0) is 31.2 Å². The summed E-state index contributed by atoms with van der Waals surface area (Å²) in [7, 11) is 0. The van der Waals surface area contributed by atoms with E-state index in [0.717, 1.165) is 12.1 Å². The normalized spacial score (nSPS) is 18.8. The molecule has 0 unspecified atom stereocenters. The molecule has 1 aromatic carbocycles. The van der Waals surface area contributed by atoms with Gasteiger partial charge in [-0.2, -0.15) is 11.8 Å². The van der Waals surface area contributed by atoms with Gasteiger partial charge in [-0.15, -0.1) is 0 Å². The van der Waals surface area contributed by atoms with Crippen LogP contribution in [0.5, 0.6) is 0 Å². The number of rotatable bonds is 3. The van der Waals surface area contributed by atoms with Crippen LogP contribution in [0.1, 0.15) is 32.1 Å². The van der Waals surface area contributed by atoms with Crippen molar-refractivity contribution in [2.24, 2.45) is 0 Å². The zero-order valence-corrected chi connectivity index (χ0v) is 12.2. The lowest BCUT2D eigenvalue weighted by molar-refractivity contribution is 0.363. The van der Waals surface area contributed by atoms with E-state index in [1.54, 1.807) is 0 Å². The van der Waals surface area contributed by atoms with Gasteiger partial charge in [0.25, 0.3) is 0 Å². The Hall–Kier alpha value is -1.16. The van der Waals surface area contributed by atoms with Crippen molar-refractivity contribution in [3.63, 3.8) is 0 Å². The molecule has 1 aromatic heterocycles. The van der Waals surface area contributed by atoms with Gasteiger partial charge in [0.15, 0.2) is 0 Å². The second-order valence-electron chi connectivity index (χ2n) is 5.49. The lowest BCUT2D eigenvalue weighted by atomic mass is 9.88. The first-order valence-electron chi connectivity index (χ1n) is 7.00. The van der Waals surface area contributed by atoms with Gasteiger partial charge in [0, 0.05) is 11.3 Å². The van der Waals surface area contributed by atoms with E-state index in [0.29, 0.717) is 10.7 Å². The summed E-state index contributed by atoms with van der Waals surface area (Å²) in [4.78, 5) is 4.48. The van der Waals surface area contributed by atoms with Gasteiger partial charge in [-0.1, -0.05) is 31.4 Å². The van der Waals surface area contributed by atoms with Crippen LogP contribution in [0.2, 0.25) is 0 Å². The average molecular weight is 275 g/mol. The minimum Gasteiger partial charge on any atom is -0.369 e. The Morgan fingerprint density at radius 1 is 1.26 bits per heavy atom. The van der Waals surface area contributed by atoms with E-state index >= 15 is 0 Å². The molecule has 1 saturated carbocycles. The van der Waals surface area contributed by atoms with Crippen molar-refractivity contribution in [1.82, 2.24) is 9.55 Å². The van der Waals surface area contributed by atoms with Gasteiger partial charge in [0.05, 0.1) is 11.0 Å². The number of hydrogen-bond donors (Lipinski definition) is 1. The minimum absolute atomic E-state index is 0.343. The Bertz CT molecular complexity index is 570. The Kier molecular flexibility index (Phi) is 3.44. The lowest BCUT2D eigenvalue weighted by Crippen LogP contribution is -2.33. The van der Waals surface area contributed by atoms with Gasteiger partial charge in [-0.25, -0.2) is 4.98 Å². The minimum atomic E-state index is 0.343. The molecule has 0 bridgehead atoms. The zero-order chi connectivity index (χ0) is 13.3. The number of imidazole rings is 1. The van der Waals surface area contributed by atoms with Crippen LogP contribution in [0.25, 0.3) is 11.0 Å². The summed E-state index contributed by atoms with van der Waals surface area (Å²) < 4.78 is 2.55. The monoisotopic (exact) mass is 275 g/mol. The highest BCUT2D eigenvalue weighted by Crippen LogP contribution is 2.40. The van der Waals surface area contributed by atoms with Crippen molar-refractivity contribution in [3.05, 3.63) is 24.3 Å². The van der Waals surface area contributed by atoms with Crippen LogP contribution >= 0.6 is 11.8 Å². The average Bonchev–Trinajstić information content (AvgIpc) is 2.76. The van der Waals surface area contributed by atoms with E-state index in [1.807, 2.05) is 23.9 Å². The summed E-state index contributed by atoms with van der Waals surface area (Å²) in [5, 5.41) is 0. The highest BCUT2D eigenvalue weighted by molar-refractivity contribution is 8.00. The van der Waals surface area contributed by atoms with Crippen LogP contribution < -0.4 is 5.73 Å². The number of nitrogen functional groups attached to an aromatic ring is 1. The first-order chi connectivity index (χ1) is 9.24. The zero-order valence-electron chi connectivity index (χ0n) is 11.4. The highest BCUT2D eigenvalue weighted by Gasteiger charge is 2.32. The Labute approximate surface area is 118 Å². The molecule has 0 aliphatic heterocycles. The number of nitrogens with two attached hydrogens (primary N) is 1. The fourth-order valence-corrected chi connectivity index (χ4v) is 4.13. The fourth-order valence-electron chi connectivity index (χ4n) is 3.17. The topological polar surface area (TPSA) is 43.8 Å². The van der Waals surface area contributed by atoms with Crippen molar-refractivity contribution >= 4 is 28.7 Å². The number of thioether (sulfide) groups is 1. The summed E-state index contributed by atoms with van der Waals surface area (Å²) in [6, 6.07) is 8.24. The molecule has 0 saturated heterocycles. The quantitative estimate of drug-likeness (QED) is 0.929. The molecule has 2 aromatic rings. The molecule has 0 spiro atoms. The summed E-state index contributed by atoms with van der Waals surface area (Å²) >= 11 is 2.00. The van der Waals surface area contributed by atoms with Crippen LogP contribution in [-0.2, 0) is 6.54 Å². The lowest BCUT2D eigenvalue weighted by Gasteiger charge is -2.36. The predicted molar refractivity (Wildman–Crippen MR) is 83.5 cm³/mol. The molecule has 1 aliphatic rings. The van der Waals surface area contributed by atoms with Crippen molar-refractivity contribution < 1.29 is 0 Å². The molecule has 1 aliphatic carbocycles.